The van der Waals surface area contributed by atoms with Crippen molar-refractivity contribution >= 4 is 39.8 Å². The minimum Gasteiger partial charge on any atom is -0.298 e. The van der Waals surface area contributed by atoms with Crippen LogP contribution >= 0.6 is 0 Å². The van der Waals surface area contributed by atoms with Gasteiger partial charge >= 0.3 is 0 Å². The minimum absolute atomic E-state index is 0.466. The number of nitrogens with zero attached hydrogens (tertiary/aromatic N) is 2. The van der Waals surface area contributed by atoms with Gasteiger partial charge in [-0.3, -0.25) is 9.59 Å². The highest BCUT2D eigenvalue weighted by Crippen LogP contribution is 2.28. The average Bonchev–Trinajstić information content (AvgIpc) is 3.26. The summed E-state index contributed by atoms with van der Waals surface area (Å²) in [7, 11) is 0. The number of aromatic nitrogens is 2. The lowest BCUT2D eigenvalue weighted by molar-refractivity contribution is -0.104. The molecular weight excluding hydrogens is 384 g/mol. The van der Waals surface area contributed by atoms with Gasteiger partial charge in [0, 0.05) is 23.4 Å². The van der Waals surface area contributed by atoms with Crippen LogP contribution in [-0.4, -0.2) is 22.4 Å². The van der Waals surface area contributed by atoms with E-state index in [4.69, 9.17) is 5.10 Å². The van der Waals surface area contributed by atoms with E-state index < -0.39 is 0 Å². The van der Waals surface area contributed by atoms with Crippen molar-refractivity contribution in [1.29, 1.82) is 0 Å². The van der Waals surface area contributed by atoms with E-state index in [1.54, 1.807) is 10.9 Å². The maximum absolute atomic E-state index is 11.8. The van der Waals surface area contributed by atoms with E-state index in [-0.39, 0.29) is 0 Å². The second-order valence-corrected chi connectivity index (χ2v) is 7.31. The molecule has 4 nitrogen and oxygen atoms in total. The lowest BCUT2D eigenvalue weighted by Crippen LogP contribution is -2.00. The van der Waals surface area contributed by atoms with Crippen molar-refractivity contribution in [3.8, 4) is 11.3 Å². The summed E-state index contributed by atoms with van der Waals surface area (Å²) in [5.74, 6) is 0. The van der Waals surface area contributed by atoms with Gasteiger partial charge in [0.2, 0.25) is 0 Å². The molecule has 0 aliphatic carbocycles. The zero-order valence-corrected chi connectivity index (χ0v) is 16.6. The molecular formula is C27H18N2O2. The molecule has 5 rings (SSSR count). The number of hydrogen-bond donors (Lipinski definition) is 0. The zero-order valence-electron chi connectivity index (χ0n) is 16.6. The first-order valence-electron chi connectivity index (χ1n) is 9.96. The summed E-state index contributed by atoms with van der Waals surface area (Å²) in [5.41, 5.74) is 3.35. The fraction of sp³-hybridized carbons (Fsp3) is 0. The van der Waals surface area contributed by atoms with Gasteiger partial charge in [-0.2, -0.15) is 5.10 Å². The summed E-state index contributed by atoms with van der Waals surface area (Å²) >= 11 is 0. The number of aldehydes is 2. The van der Waals surface area contributed by atoms with Gasteiger partial charge < -0.3 is 0 Å². The highest BCUT2D eigenvalue weighted by Gasteiger charge is 2.15. The van der Waals surface area contributed by atoms with E-state index in [0.29, 0.717) is 17.0 Å². The summed E-state index contributed by atoms with van der Waals surface area (Å²) in [6.45, 7) is 0. The predicted octanol–water partition coefficient (Wildman–Crippen LogP) is 5.76. The molecule has 1 aromatic heterocycles. The van der Waals surface area contributed by atoms with Crippen LogP contribution in [0.25, 0.3) is 38.5 Å². The molecule has 4 heteroatoms. The molecule has 31 heavy (non-hydrogen) atoms. The van der Waals surface area contributed by atoms with Crippen LogP contribution in [0.3, 0.4) is 0 Å². The molecule has 0 atom stereocenters. The van der Waals surface area contributed by atoms with E-state index in [1.807, 2.05) is 84.9 Å². The van der Waals surface area contributed by atoms with Crippen molar-refractivity contribution in [2.45, 2.75) is 0 Å². The average molecular weight is 402 g/mol. The molecule has 0 fully saturated rings. The number of hydrogen-bond acceptors (Lipinski definition) is 3. The molecule has 148 valence electrons. The smallest absolute Gasteiger partial charge is 0.153 e. The van der Waals surface area contributed by atoms with E-state index in [1.165, 1.54) is 6.08 Å². The molecule has 0 spiro atoms. The minimum atomic E-state index is 0.466. The molecule has 0 saturated heterocycles. The van der Waals surface area contributed by atoms with Crippen LogP contribution in [0.2, 0.25) is 0 Å². The molecule has 0 saturated carbocycles. The molecule has 0 bridgehead atoms. The van der Waals surface area contributed by atoms with Crippen LogP contribution < -0.4 is 0 Å². The summed E-state index contributed by atoms with van der Waals surface area (Å²) in [5, 5.41) is 9.06. The fourth-order valence-corrected chi connectivity index (χ4v) is 3.88. The van der Waals surface area contributed by atoms with Crippen molar-refractivity contribution in [2.75, 3.05) is 0 Å². The topological polar surface area (TPSA) is 52.0 Å². The summed E-state index contributed by atoms with van der Waals surface area (Å²) in [6, 6.07) is 28.1. The van der Waals surface area contributed by atoms with Gasteiger partial charge in [0.25, 0.3) is 0 Å². The second kappa shape index (κ2) is 7.84. The summed E-state index contributed by atoms with van der Waals surface area (Å²) < 4.78 is 1.60. The van der Waals surface area contributed by atoms with Crippen molar-refractivity contribution in [3.63, 3.8) is 0 Å². The Labute approximate surface area is 179 Å². The number of fused-ring (bicyclic) bond motifs is 2. The van der Waals surface area contributed by atoms with Crippen LogP contribution in [0.1, 0.15) is 15.9 Å². The Bertz CT molecular complexity index is 1480. The monoisotopic (exact) mass is 402 g/mol. The lowest BCUT2D eigenvalue weighted by atomic mass is 10.0. The van der Waals surface area contributed by atoms with Crippen molar-refractivity contribution in [1.82, 2.24) is 9.78 Å². The Hall–Kier alpha value is -4.31. The van der Waals surface area contributed by atoms with Gasteiger partial charge in [0.05, 0.1) is 11.3 Å². The Morgan fingerprint density at radius 3 is 2.06 bits per heavy atom. The SMILES string of the molecule is O=C/C=C(\c1ccc2ccccc2c1)n1cc(C=O)c(-c2ccc3ccccc3c2)n1. The number of carbonyl (C=O) groups is 2. The van der Waals surface area contributed by atoms with Crippen molar-refractivity contribution in [2.24, 2.45) is 0 Å². The third-order valence-electron chi connectivity index (χ3n) is 5.41. The number of carbonyl (C=O) groups excluding carboxylic acids is 2. The molecule has 0 aliphatic heterocycles. The van der Waals surface area contributed by atoms with Gasteiger partial charge in [0.1, 0.15) is 12.0 Å². The van der Waals surface area contributed by atoms with E-state index in [2.05, 4.69) is 0 Å². The largest absolute Gasteiger partial charge is 0.298 e. The van der Waals surface area contributed by atoms with Crippen molar-refractivity contribution in [3.05, 3.63) is 108 Å². The fourth-order valence-electron chi connectivity index (χ4n) is 3.88. The summed E-state index contributed by atoms with van der Waals surface area (Å²) in [6.07, 6.45) is 4.67. The van der Waals surface area contributed by atoms with Gasteiger partial charge in [-0.15, -0.1) is 0 Å². The third kappa shape index (κ3) is 3.45. The Balaban J connectivity index is 1.64. The zero-order chi connectivity index (χ0) is 21.2. The quantitative estimate of drug-likeness (QED) is 0.278. The number of allylic oxidation sites excluding steroid dienone is 1. The third-order valence-corrected chi connectivity index (χ3v) is 5.41. The predicted molar refractivity (Wildman–Crippen MR) is 124 cm³/mol. The van der Waals surface area contributed by atoms with Gasteiger partial charge in [-0.25, -0.2) is 4.68 Å². The normalized spacial score (nSPS) is 11.7. The van der Waals surface area contributed by atoms with Crippen molar-refractivity contribution < 1.29 is 9.59 Å². The first kappa shape index (κ1) is 18.7. The standard InChI is InChI=1S/C27H18N2O2/c30-14-13-26(23-11-9-19-5-1-3-7-21(19)15-23)29-17-25(18-31)27(28-29)24-12-10-20-6-2-4-8-22(20)16-24/h1-18H/b26-13+. The maximum atomic E-state index is 11.8. The van der Waals surface area contributed by atoms with Crippen LogP contribution in [0.4, 0.5) is 0 Å². The van der Waals surface area contributed by atoms with Crippen LogP contribution in [0.15, 0.2) is 97.2 Å². The molecule has 0 amide bonds. The molecule has 1 heterocycles. The highest BCUT2D eigenvalue weighted by atomic mass is 16.1. The lowest BCUT2D eigenvalue weighted by Gasteiger charge is -2.09. The number of benzene rings is 4. The van der Waals surface area contributed by atoms with E-state index >= 15 is 0 Å². The molecule has 0 N–H and O–H groups in total. The molecule has 5 aromatic rings. The Morgan fingerprint density at radius 1 is 0.742 bits per heavy atom. The first-order chi connectivity index (χ1) is 15.3. The summed E-state index contributed by atoms with van der Waals surface area (Å²) in [4.78, 5) is 23.2. The first-order valence-corrected chi connectivity index (χ1v) is 9.96. The molecule has 0 aliphatic rings. The van der Waals surface area contributed by atoms with E-state index in [9.17, 15) is 9.59 Å². The molecule has 4 aromatic carbocycles. The maximum Gasteiger partial charge on any atom is 0.153 e. The molecule has 0 radical (unpaired) electrons. The van der Waals surface area contributed by atoms with Gasteiger partial charge in [-0.1, -0.05) is 72.8 Å². The van der Waals surface area contributed by atoms with Crippen LogP contribution in [-0.2, 0) is 4.79 Å². The van der Waals surface area contributed by atoms with Gasteiger partial charge in [-0.05, 0) is 33.7 Å². The molecule has 0 unspecified atom stereocenters. The van der Waals surface area contributed by atoms with E-state index in [0.717, 1.165) is 45.2 Å². The van der Waals surface area contributed by atoms with Gasteiger partial charge in [0.15, 0.2) is 6.29 Å². The Morgan fingerprint density at radius 2 is 1.39 bits per heavy atom. The van der Waals surface area contributed by atoms with Crippen LogP contribution in [0, 0.1) is 0 Å². The number of rotatable bonds is 5. The van der Waals surface area contributed by atoms with Crippen LogP contribution in [0.5, 0.6) is 0 Å². The second-order valence-electron chi connectivity index (χ2n) is 7.31. The Kier molecular flexibility index (Phi) is 4.73. The highest BCUT2D eigenvalue weighted by molar-refractivity contribution is 5.93.